The minimum Gasteiger partial charge on any atom is -0.321 e. The third-order valence-electron chi connectivity index (χ3n) is 2.71. The number of aryl methyl sites for hydroxylation is 1. The maximum Gasteiger partial charge on any atom is 0.257 e. The van der Waals surface area contributed by atoms with Crippen molar-refractivity contribution in [3.05, 3.63) is 63.1 Å². The van der Waals surface area contributed by atoms with Crippen LogP contribution in [0.1, 0.15) is 21.5 Å². The predicted octanol–water partition coefficient (Wildman–Crippen LogP) is 4.43. The van der Waals surface area contributed by atoms with Crippen molar-refractivity contribution < 1.29 is 4.79 Å². The maximum atomic E-state index is 12.2. The Morgan fingerprint density at radius 3 is 2.55 bits per heavy atom. The first-order chi connectivity index (χ1) is 9.51. The Bertz CT molecular complexity index is 720. The van der Waals surface area contributed by atoms with Crippen molar-refractivity contribution in [3.8, 4) is 6.07 Å². The van der Waals surface area contributed by atoms with Crippen LogP contribution in [-0.4, -0.2) is 5.91 Å². The number of nitriles is 1. The molecule has 1 amide bonds. The van der Waals surface area contributed by atoms with E-state index in [1.807, 2.05) is 13.0 Å². The monoisotopic (exact) mass is 304 g/mol. The van der Waals surface area contributed by atoms with Gasteiger partial charge in [-0.15, -0.1) is 0 Å². The molecule has 0 fully saturated rings. The first kappa shape index (κ1) is 14.4. The molecule has 0 aliphatic rings. The average Bonchev–Trinajstić information content (AvgIpc) is 2.41. The molecule has 2 aromatic carbocycles. The zero-order valence-electron chi connectivity index (χ0n) is 10.6. The molecule has 0 bridgehead atoms. The number of nitrogens with one attached hydrogen (secondary N) is 1. The molecule has 2 aromatic rings. The third-order valence-corrected chi connectivity index (χ3v) is 3.36. The molecule has 0 saturated heterocycles. The average molecular weight is 305 g/mol. The van der Waals surface area contributed by atoms with Crippen LogP contribution in [0.3, 0.4) is 0 Å². The summed E-state index contributed by atoms with van der Waals surface area (Å²) in [4.78, 5) is 12.2. The Kier molecular flexibility index (Phi) is 4.29. The molecule has 100 valence electrons. The molecule has 0 unspecified atom stereocenters. The fraction of sp³-hybridized carbons (Fsp3) is 0.0667. The smallest absolute Gasteiger partial charge is 0.257 e. The van der Waals surface area contributed by atoms with E-state index in [0.717, 1.165) is 5.56 Å². The molecule has 0 atom stereocenters. The lowest BCUT2D eigenvalue weighted by Gasteiger charge is -2.09. The van der Waals surface area contributed by atoms with E-state index >= 15 is 0 Å². The second kappa shape index (κ2) is 5.96. The summed E-state index contributed by atoms with van der Waals surface area (Å²) in [6.45, 7) is 1.89. The molecule has 0 spiro atoms. The molecule has 1 N–H and O–H groups in total. The van der Waals surface area contributed by atoms with E-state index in [1.54, 1.807) is 30.3 Å². The number of benzene rings is 2. The highest BCUT2D eigenvalue weighted by atomic mass is 35.5. The Hall–Kier alpha value is -2.02. The summed E-state index contributed by atoms with van der Waals surface area (Å²) in [7, 11) is 0. The summed E-state index contributed by atoms with van der Waals surface area (Å²) < 4.78 is 0. The minimum atomic E-state index is -0.369. The normalized spacial score (nSPS) is 9.90. The molecule has 0 aromatic heterocycles. The van der Waals surface area contributed by atoms with Gasteiger partial charge in [0, 0.05) is 0 Å². The topological polar surface area (TPSA) is 52.9 Å². The van der Waals surface area contributed by atoms with Gasteiger partial charge in [-0.05, 0) is 42.8 Å². The van der Waals surface area contributed by atoms with Crippen molar-refractivity contribution in [2.45, 2.75) is 6.92 Å². The van der Waals surface area contributed by atoms with Crippen LogP contribution in [0.4, 0.5) is 5.69 Å². The molecule has 0 aliphatic carbocycles. The molecule has 20 heavy (non-hydrogen) atoms. The fourth-order valence-electron chi connectivity index (χ4n) is 1.68. The number of hydrogen-bond acceptors (Lipinski definition) is 2. The van der Waals surface area contributed by atoms with Gasteiger partial charge < -0.3 is 5.32 Å². The summed E-state index contributed by atoms with van der Waals surface area (Å²) in [5.41, 5.74) is 2.12. The quantitative estimate of drug-likeness (QED) is 0.892. The second-order valence-electron chi connectivity index (χ2n) is 4.24. The Morgan fingerprint density at radius 1 is 1.15 bits per heavy atom. The van der Waals surface area contributed by atoms with Crippen molar-refractivity contribution in [3.63, 3.8) is 0 Å². The lowest BCUT2D eigenvalue weighted by molar-refractivity contribution is 0.102. The van der Waals surface area contributed by atoms with Crippen LogP contribution in [0.25, 0.3) is 0 Å². The fourth-order valence-corrected chi connectivity index (χ4v) is 2.17. The summed E-state index contributed by atoms with van der Waals surface area (Å²) in [6, 6.07) is 11.8. The summed E-state index contributed by atoms with van der Waals surface area (Å²) in [6.07, 6.45) is 0. The number of amides is 1. The van der Waals surface area contributed by atoms with Gasteiger partial charge in [0.15, 0.2) is 0 Å². The Balaban J connectivity index is 2.30. The molecule has 3 nitrogen and oxygen atoms in total. The number of anilines is 1. The number of rotatable bonds is 2. The van der Waals surface area contributed by atoms with Gasteiger partial charge in [0.1, 0.15) is 0 Å². The SMILES string of the molecule is Cc1ccc(C(=O)Nc2cc(C#N)ccc2Cl)c(Cl)c1. The standard InChI is InChI=1S/C15H10Cl2N2O/c1-9-2-4-11(13(17)6-9)15(20)19-14-7-10(8-18)3-5-12(14)16/h2-7H,1H3,(H,19,20). The van der Waals surface area contributed by atoms with E-state index in [0.29, 0.717) is 26.9 Å². The maximum absolute atomic E-state index is 12.2. The van der Waals surface area contributed by atoms with Gasteiger partial charge >= 0.3 is 0 Å². The molecule has 2 rings (SSSR count). The van der Waals surface area contributed by atoms with Gasteiger partial charge in [-0.3, -0.25) is 4.79 Å². The van der Waals surface area contributed by atoms with E-state index in [-0.39, 0.29) is 5.91 Å². The molecule has 5 heteroatoms. The van der Waals surface area contributed by atoms with E-state index in [1.165, 1.54) is 6.07 Å². The number of nitrogens with zero attached hydrogens (tertiary/aromatic N) is 1. The van der Waals surface area contributed by atoms with Crippen molar-refractivity contribution in [2.24, 2.45) is 0 Å². The zero-order chi connectivity index (χ0) is 14.7. The highest BCUT2D eigenvalue weighted by molar-refractivity contribution is 6.36. The van der Waals surface area contributed by atoms with Crippen LogP contribution in [0.15, 0.2) is 36.4 Å². The van der Waals surface area contributed by atoms with E-state index < -0.39 is 0 Å². The highest BCUT2D eigenvalue weighted by Crippen LogP contribution is 2.25. The first-order valence-corrected chi connectivity index (χ1v) is 6.54. The van der Waals surface area contributed by atoms with Crippen LogP contribution < -0.4 is 5.32 Å². The number of carbonyl (C=O) groups excluding carboxylic acids is 1. The van der Waals surface area contributed by atoms with Gasteiger partial charge in [0.2, 0.25) is 0 Å². The molecular weight excluding hydrogens is 295 g/mol. The second-order valence-corrected chi connectivity index (χ2v) is 5.06. The Labute approximate surface area is 126 Å². The van der Waals surface area contributed by atoms with Gasteiger partial charge in [-0.25, -0.2) is 0 Å². The first-order valence-electron chi connectivity index (χ1n) is 5.78. The molecule has 0 radical (unpaired) electrons. The lowest BCUT2D eigenvalue weighted by atomic mass is 10.1. The molecular formula is C15H10Cl2N2O. The van der Waals surface area contributed by atoms with E-state index in [2.05, 4.69) is 5.32 Å². The largest absolute Gasteiger partial charge is 0.321 e. The van der Waals surface area contributed by atoms with E-state index in [4.69, 9.17) is 28.5 Å². The summed E-state index contributed by atoms with van der Waals surface area (Å²) in [5.74, 6) is -0.369. The van der Waals surface area contributed by atoms with Crippen LogP contribution in [0.5, 0.6) is 0 Å². The highest BCUT2D eigenvalue weighted by Gasteiger charge is 2.12. The van der Waals surface area contributed by atoms with Crippen LogP contribution in [-0.2, 0) is 0 Å². The van der Waals surface area contributed by atoms with Crippen molar-refractivity contribution in [2.75, 3.05) is 5.32 Å². The minimum absolute atomic E-state index is 0.357. The molecule has 0 aliphatic heterocycles. The van der Waals surface area contributed by atoms with Crippen molar-refractivity contribution >= 4 is 34.8 Å². The summed E-state index contributed by atoms with van der Waals surface area (Å²) in [5, 5.41) is 12.2. The van der Waals surface area contributed by atoms with Gasteiger partial charge in [0.25, 0.3) is 5.91 Å². The third kappa shape index (κ3) is 3.11. The number of hydrogen-bond donors (Lipinski definition) is 1. The predicted molar refractivity (Wildman–Crippen MR) is 80.3 cm³/mol. The molecule has 0 heterocycles. The van der Waals surface area contributed by atoms with Crippen LogP contribution in [0.2, 0.25) is 10.0 Å². The summed E-state index contributed by atoms with van der Waals surface area (Å²) >= 11 is 12.0. The van der Waals surface area contributed by atoms with Crippen molar-refractivity contribution in [1.82, 2.24) is 0 Å². The van der Waals surface area contributed by atoms with Crippen LogP contribution >= 0.6 is 23.2 Å². The van der Waals surface area contributed by atoms with Gasteiger partial charge in [-0.1, -0.05) is 29.3 Å². The lowest BCUT2D eigenvalue weighted by Crippen LogP contribution is -2.13. The van der Waals surface area contributed by atoms with Gasteiger partial charge in [0.05, 0.1) is 32.9 Å². The Morgan fingerprint density at radius 2 is 1.90 bits per heavy atom. The number of halogens is 2. The molecule has 0 saturated carbocycles. The van der Waals surface area contributed by atoms with E-state index in [9.17, 15) is 4.79 Å². The zero-order valence-corrected chi connectivity index (χ0v) is 12.1. The van der Waals surface area contributed by atoms with Gasteiger partial charge in [-0.2, -0.15) is 5.26 Å². The van der Waals surface area contributed by atoms with Crippen molar-refractivity contribution in [1.29, 1.82) is 5.26 Å². The van der Waals surface area contributed by atoms with Crippen LogP contribution in [0, 0.1) is 18.3 Å². The number of carbonyl (C=O) groups is 1.